The molecule has 2 amide bonds. The monoisotopic (exact) mass is 436 g/mol. The highest BCUT2D eigenvalue weighted by Gasteiger charge is 2.15. The fourth-order valence-corrected chi connectivity index (χ4v) is 3.72. The Balaban J connectivity index is 1.43. The van der Waals surface area contributed by atoms with Gasteiger partial charge >= 0.3 is 0 Å². The molecule has 0 saturated carbocycles. The number of anilines is 1. The number of amides is 2. The van der Waals surface area contributed by atoms with E-state index in [1.54, 1.807) is 24.3 Å². The molecular weight excluding hydrogens is 412 g/mol. The number of rotatable bonds is 7. The molecule has 0 spiro atoms. The van der Waals surface area contributed by atoms with Crippen molar-refractivity contribution in [2.75, 3.05) is 5.32 Å². The lowest BCUT2D eigenvalue weighted by molar-refractivity contribution is -0.109. The first kappa shape index (κ1) is 22.0. The van der Waals surface area contributed by atoms with E-state index >= 15 is 0 Å². The second-order valence-electron chi connectivity index (χ2n) is 7.95. The molecule has 4 aromatic rings. The van der Waals surface area contributed by atoms with Crippen LogP contribution in [-0.4, -0.2) is 24.1 Å². The molecule has 0 aliphatic carbocycles. The smallest absolute Gasteiger partial charge is 0.255 e. The molecule has 0 bridgehead atoms. The summed E-state index contributed by atoms with van der Waals surface area (Å²) in [4.78, 5) is 36.9. The average Bonchev–Trinajstić information content (AvgIpc) is 2.85. The van der Waals surface area contributed by atoms with Gasteiger partial charge in [-0.25, -0.2) is 0 Å². The number of fused-ring (bicyclic) bond motifs is 1. The molecule has 5 heteroatoms. The van der Waals surface area contributed by atoms with Crippen molar-refractivity contribution in [1.82, 2.24) is 5.32 Å². The van der Waals surface area contributed by atoms with Gasteiger partial charge in [0.25, 0.3) is 11.8 Å². The summed E-state index contributed by atoms with van der Waals surface area (Å²) in [7, 11) is 0. The topological polar surface area (TPSA) is 75.3 Å². The molecule has 0 aromatic heterocycles. The largest absolute Gasteiger partial charge is 0.342 e. The van der Waals surface area contributed by atoms with Crippen molar-refractivity contribution in [2.24, 2.45) is 0 Å². The molecule has 0 radical (unpaired) electrons. The Morgan fingerprint density at radius 2 is 1.45 bits per heavy atom. The molecule has 164 valence electrons. The third kappa shape index (κ3) is 5.33. The highest BCUT2D eigenvalue weighted by Crippen LogP contribution is 2.20. The molecule has 5 nitrogen and oxygen atoms in total. The molecular formula is C28H24N2O3. The predicted octanol–water partition coefficient (Wildman–Crippen LogP) is 4.94. The van der Waals surface area contributed by atoms with Gasteiger partial charge in [0, 0.05) is 16.8 Å². The summed E-state index contributed by atoms with van der Waals surface area (Å²) < 4.78 is 0. The maximum absolute atomic E-state index is 12.8. The van der Waals surface area contributed by atoms with E-state index in [0.29, 0.717) is 23.2 Å². The van der Waals surface area contributed by atoms with Gasteiger partial charge in [-0.05, 0) is 65.6 Å². The Hall–Kier alpha value is -4.25. The molecule has 0 aliphatic rings. The van der Waals surface area contributed by atoms with Crippen LogP contribution in [0.15, 0.2) is 91.0 Å². The predicted molar refractivity (Wildman–Crippen MR) is 131 cm³/mol. The van der Waals surface area contributed by atoms with E-state index in [2.05, 4.69) is 10.6 Å². The van der Waals surface area contributed by atoms with Crippen LogP contribution < -0.4 is 10.6 Å². The molecule has 1 atom stereocenters. The second kappa shape index (κ2) is 9.92. The highest BCUT2D eigenvalue weighted by molar-refractivity contribution is 6.07. The first-order valence-electron chi connectivity index (χ1n) is 10.7. The van der Waals surface area contributed by atoms with Crippen molar-refractivity contribution in [1.29, 1.82) is 0 Å². The van der Waals surface area contributed by atoms with Crippen molar-refractivity contribution >= 4 is 34.6 Å². The van der Waals surface area contributed by atoms with Gasteiger partial charge < -0.3 is 15.4 Å². The van der Waals surface area contributed by atoms with E-state index < -0.39 is 6.04 Å². The Bertz CT molecular complexity index is 1320. The van der Waals surface area contributed by atoms with Gasteiger partial charge in [-0.2, -0.15) is 0 Å². The van der Waals surface area contributed by atoms with Gasteiger partial charge in [-0.3, -0.25) is 9.59 Å². The number of nitrogens with one attached hydrogen (secondary N) is 2. The van der Waals surface area contributed by atoms with E-state index in [0.717, 1.165) is 28.2 Å². The number of carbonyl (C=O) groups is 3. The van der Waals surface area contributed by atoms with Crippen molar-refractivity contribution in [3.05, 3.63) is 113 Å². The molecule has 33 heavy (non-hydrogen) atoms. The first-order chi connectivity index (χ1) is 16.0. The lowest BCUT2D eigenvalue weighted by atomic mass is 10.0. The molecule has 4 rings (SSSR count). The maximum atomic E-state index is 12.8. The van der Waals surface area contributed by atoms with Crippen LogP contribution in [0.4, 0.5) is 5.69 Å². The normalized spacial score (nSPS) is 11.5. The van der Waals surface area contributed by atoms with Crippen LogP contribution in [0.2, 0.25) is 0 Å². The van der Waals surface area contributed by atoms with Crippen LogP contribution in [0.25, 0.3) is 10.8 Å². The summed E-state index contributed by atoms with van der Waals surface area (Å²) in [6.45, 7) is 1.83. The van der Waals surface area contributed by atoms with E-state index in [4.69, 9.17) is 0 Å². The molecule has 0 aliphatic heterocycles. The quantitative estimate of drug-likeness (QED) is 0.403. The van der Waals surface area contributed by atoms with E-state index in [9.17, 15) is 14.4 Å². The van der Waals surface area contributed by atoms with Gasteiger partial charge in [0.1, 0.15) is 6.29 Å². The van der Waals surface area contributed by atoms with Gasteiger partial charge in [0.05, 0.1) is 6.04 Å². The van der Waals surface area contributed by atoms with Crippen LogP contribution in [-0.2, 0) is 11.2 Å². The summed E-state index contributed by atoms with van der Waals surface area (Å²) in [5, 5.41) is 7.75. The molecule has 0 fully saturated rings. The number of aldehydes is 1. The van der Waals surface area contributed by atoms with Gasteiger partial charge in [-0.15, -0.1) is 0 Å². The lowest BCUT2D eigenvalue weighted by Crippen LogP contribution is -2.37. The minimum atomic E-state index is -0.618. The Labute approximate surface area is 192 Å². The first-order valence-corrected chi connectivity index (χ1v) is 10.7. The zero-order valence-corrected chi connectivity index (χ0v) is 18.2. The van der Waals surface area contributed by atoms with Crippen LogP contribution >= 0.6 is 0 Å². The lowest BCUT2D eigenvalue weighted by Gasteiger charge is -2.14. The zero-order valence-electron chi connectivity index (χ0n) is 18.2. The fourth-order valence-electron chi connectivity index (χ4n) is 3.72. The number of benzene rings is 4. The summed E-state index contributed by atoms with van der Waals surface area (Å²) in [5.41, 5.74) is 3.34. The average molecular weight is 437 g/mol. The minimum absolute atomic E-state index is 0.218. The van der Waals surface area contributed by atoms with Crippen molar-refractivity contribution in [2.45, 2.75) is 19.4 Å². The second-order valence-corrected chi connectivity index (χ2v) is 7.95. The Morgan fingerprint density at radius 3 is 2.18 bits per heavy atom. The maximum Gasteiger partial charge on any atom is 0.255 e. The number of hydrogen-bond donors (Lipinski definition) is 2. The Morgan fingerprint density at radius 1 is 0.788 bits per heavy atom. The van der Waals surface area contributed by atoms with Gasteiger partial charge in [0.2, 0.25) is 0 Å². The van der Waals surface area contributed by atoms with E-state index in [1.165, 1.54) is 0 Å². The number of carbonyl (C=O) groups excluding carboxylic acids is 3. The van der Waals surface area contributed by atoms with Gasteiger partial charge in [0.15, 0.2) is 0 Å². The van der Waals surface area contributed by atoms with Crippen LogP contribution in [0.3, 0.4) is 0 Å². The van der Waals surface area contributed by atoms with E-state index in [1.807, 2.05) is 73.7 Å². The van der Waals surface area contributed by atoms with E-state index in [-0.39, 0.29) is 11.8 Å². The molecule has 2 N–H and O–H groups in total. The van der Waals surface area contributed by atoms with Crippen LogP contribution in [0, 0.1) is 6.92 Å². The third-order valence-corrected chi connectivity index (χ3v) is 5.53. The summed E-state index contributed by atoms with van der Waals surface area (Å²) in [6.07, 6.45) is 1.17. The summed E-state index contributed by atoms with van der Waals surface area (Å²) >= 11 is 0. The van der Waals surface area contributed by atoms with Crippen molar-refractivity contribution < 1.29 is 14.4 Å². The molecule has 0 unspecified atom stereocenters. The standard InChI is InChI=1S/C28H24N2O3/c1-19-15-23(27(32)29-25(18-31)16-20-7-3-2-4-8-20)13-14-26(19)30-28(33)24-12-11-21-9-5-6-10-22(21)17-24/h2-15,17-18,25H,16H2,1H3,(H,29,32)(H,30,33)/t25-/m0/s1. The van der Waals surface area contributed by atoms with Crippen molar-refractivity contribution in [3.63, 3.8) is 0 Å². The van der Waals surface area contributed by atoms with Crippen LogP contribution in [0.5, 0.6) is 0 Å². The van der Waals surface area contributed by atoms with Gasteiger partial charge in [-0.1, -0.05) is 60.7 Å². The SMILES string of the molecule is Cc1cc(C(=O)N[C@H](C=O)Cc2ccccc2)ccc1NC(=O)c1ccc2ccccc2c1. The Kier molecular flexibility index (Phi) is 6.60. The number of hydrogen-bond acceptors (Lipinski definition) is 3. The van der Waals surface area contributed by atoms with Crippen LogP contribution in [0.1, 0.15) is 31.8 Å². The summed E-state index contributed by atoms with van der Waals surface area (Å²) in [5.74, 6) is -0.552. The molecule has 0 saturated heterocycles. The summed E-state index contributed by atoms with van der Waals surface area (Å²) in [6, 6.07) is 27.4. The minimum Gasteiger partial charge on any atom is -0.342 e. The zero-order chi connectivity index (χ0) is 23.2. The number of aryl methyl sites for hydroxylation is 1. The highest BCUT2D eigenvalue weighted by atomic mass is 16.2. The molecule has 0 heterocycles. The fraction of sp³-hybridized carbons (Fsp3) is 0.107. The third-order valence-electron chi connectivity index (χ3n) is 5.53. The molecule has 4 aromatic carbocycles. The van der Waals surface area contributed by atoms with Crippen molar-refractivity contribution in [3.8, 4) is 0 Å².